The molecule has 126 valence electrons. The first-order chi connectivity index (χ1) is 11.5. The van der Waals surface area contributed by atoms with Gasteiger partial charge in [0.1, 0.15) is 0 Å². The maximum absolute atomic E-state index is 12.2. The number of anilines is 2. The van der Waals surface area contributed by atoms with Gasteiger partial charge in [-0.2, -0.15) is 0 Å². The molecule has 1 heterocycles. The number of rotatable bonds is 3. The van der Waals surface area contributed by atoms with Gasteiger partial charge < -0.3 is 15.5 Å². The van der Waals surface area contributed by atoms with Crippen molar-refractivity contribution < 1.29 is 4.79 Å². The third-order valence-electron chi connectivity index (χ3n) is 4.41. The van der Waals surface area contributed by atoms with Gasteiger partial charge in [0.05, 0.1) is 0 Å². The minimum atomic E-state index is -0.184. The summed E-state index contributed by atoms with van der Waals surface area (Å²) in [6.45, 7) is 5.76. The Hall–Kier alpha value is -2.20. The molecule has 0 aliphatic carbocycles. The van der Waals surface area contributed by atoms with Gasteiger partial charge in [-0.05, 0) is 55.7 Å². The van der Waals surface area contributed by atoms with Gasteiger partial charge in [-0.15, -0.1) is 0 Å². The molecule has 2 amide bonds. The summed E-state index contributed by atoms with van der Waals surface area (Å²) in [5, 5.41) is 6.59. The molecule has 5 heteroatoms. The molecule has 0 aromatic heterocycles. The Bertz CT molecular complexity index is 747. The van der Waals surface area contributed by atoms with Gasteiger partial charge >= 0.3 is 6.03 Å². The lowest BCUT2D eigenvalue weighted by Crippen LogP contribution is -2.39. The molecule has 0 radical (unpaired) electrons. The first-order valence-electron chi connectivity index (χ1n) is 8.17. The van der Waals surface area contributed by atoms with Crippen molar-refractivity contribution in [3.05, 3.63) is 58.6 Å². The predicted octanol–water partition coefficient (Wildman–Crippen LogP) is 4.36. The monoisotopic (exact) mass is 343 g/mol. The molecule has 1 atom stereocenters. The van der Waals surface area contributed by atoms with Crippen LogP contribution < -0.4 is 15.5 Å². The number of urea groups is 1. The Morgan fingerprint density at radius 1 is 1.21 bits per heavy atom. The molecule has 2 aromatic carbocycles. The summed E-state index contributed by atoms with van der Waals surface area (Å²) in [4.78, 5) is 14.6. The van der Waals surface area contributed by atoms with Crippen LogP contribution in [0.25, 0.3) is 0 Å². The SMILES string of the molecule is Cc1cccc(N2CC[C@@H](NC(=O)Nc3cccc(Cl)c3C)C2)c1. The first kappa shape index (κ1) is 16.7. The van der Waals surface area contributed by atoms with Gasteiger partial charge in [0.2, 0.25) is 0 Å². The lowest BCUT2D eigenvalue weighted by Gasteiger charge is -2.20. The van der Waals surface area contributed by atoms with Crippen LogP contribution >= 0.6 is 11.6 Å². The number of amides is 2. The van der Waals surface area contributed by atoms with Crippen molar-refractivity contribution in [1.82, 2.24) is 5.32 Å². The summed E-state index contributed by atoms with van der Waals surface area (Å²) < 4.78 is 0. The van der Waals surface area contributed by atoms with Crippen LogP contribution in [0.3, 0.4) is 0 Å². The number of nitrogens with one attached hydrogen (secondary N) is 2. The maximum Gasteiger partial charge on any atom is 0.319 e. The van der Waals surface area contributed by atoms with Crippen LogP contribution in [0, 0.1) is 13.8 Å². The second kappa shape index (κ2) is 7.14. The molecule has 3 rings (SSSR count). The van der Waals surface area contributed by atoms with Gasteiger partial charge in [0.15, 0.2) is 0 Å². The topological polar surface area (TPSA) is 44.4 Å². The minimum absolute atomic E-state index is 0.144. The van der Waals surface area contributed by atoms with Gasteiger partial charge in [0.25, 0.3) is 0 Å². The number of halogens is 1. The van der Waals surface area contributed by atoms with Crippen molar-refractivity contribution in [3.8, 4) is 0 Å². The predicted molar refractivity (Wildman–Crippen MR) is 100 cm³/mol. The second-order valence-electron chi connectivity index (χ2n) is 6.28. The minimum Gasteiger partial charge on any atom is -0.369 e. The van der Waals surface area contributed by atoms with E-state index in [1.54, 1.807) is 0 Å². The van der Waals surface area contributed by atoms with Crippen molar-refractivity contribution in [2.75, 3.05) is 23.3 Å². The van der Waals surface area contributed by atoms with Crippen LogP contribution in [0.2, 0.25) is 5.02 Å². The van der Waals surface area contributed by atoms with Gasteiger partial charge in [-0.3, -0.25) is 0 Å². The Balaban J connectivity index is 1.57. The molecule has 1 saturated heterocycles. The van der Waals surface area contributed by atoms with Gasteiger partial charge in [0, 0.05) is 35.5 Å². The molecule has 0 saturated carbocycles. The normalized spacial score (nSPS) is 17.0. The van der Waals surface area contributed by atoms with E-state index >= 15 is 0 Å². The highest BCUT2D eigenvalue weighted by molar-refractivity contribution is 6.31. The van der Waals surface area contributed by atoms with E-state index in [1.807, 2.05) is 25.1 Å². The van der Waals surface area contributed by atoms with Crippen molar-refractivity contribution in [1.29, 1.82) is 0 Å². The Morgan fingerprint density at radius 2 is 2.00 bits per heavy atom. The lowest BCUT2D eigenvalue weighted by atomic mass is 10.2. The fourth-order valence-electron chi connectivity index (χ4n) is 3.02. The number of hydrogen-bond donors (Lipinski definition) is 2. The highest BCUT2D eigenvalue weighted by Crippen LogP contribution is 2.24. The number of benzene rings is 2. The van der Waals surface area contributed by atoms with Crippen LogP contribution in [0.1, 0.15) is 17.5 Å². The Kier molecular flexibility index (Phi) is 4.95. The zero-order valence-electron chi connectivity index (χ0n) is 14.0. The fraction of sp³-hybridized carbons (Fsp3) is 0.316. The molecule has 24 heavy (non-hydrogen) atoms. The molecule has 1 aliphatic rings. The number of nitrogens with zero attached hydrogens (tertiary/aromatic N) is 1. The third kappa shape index (κ3) is 3.82. The molecule has 0 unspecified atom stereocenters. The van der Waals surface area contributed by atoms with Crippen molar-refractivity contribution in [3.63, 3.8) is 0 Å². The van der Waals surface area contributed by atoms with E-state index in [-0.39, 0.29) is 12.1 Å². The average molecular weight is 344 g/mol. The Morgan fingerprint density at radius 3 is 2.79 bits per heavy atom. The van der Waals surface area contributed by atoms with Crippen molar-refractivity contribution in [2.45, 2.75) is 26.3 Å². The molecule has 1 fully saturated rings. The van der Waals surface area contributed by atoms with E-state index in [0.29, 0.717) is 5.02 Å². The van der Waals surface area contributed by atoms with E-state index in [1.165, 1.54) is 11.3 Å². The zero-order valence-corrected chi connectivity index (χ0v) is 14.7. The second-order valence-corrected chi connectivity index (χ2v) is 6.69. The van der Waals surface area contributed by atoms with E-state index < -0.39 is 0 Å². The standard InChI is InChI=1S/C19H22ClN3O/c1-13-5-3-6-16(11-13)23-10-9-15(12-23)21-19(24)22-18-8-4-7-17(20)14(18)2/h3-8,11,15H,9-10,12H2,1-2H3,(H2,21,22,24)/t15-/m1/s1. The molecule has 1 aliphatic heterocycles. The molecular formula is C19H22ClN3O. The van der Waals surface area contributed by atoms with Crippen LogP contribution in [0.5, 0.6) is 0 Å². The first-order valence-corrected chi connectivity index (χ1v) is 8.55. The fourth-order valence-corrected chi connectivity index (χ4v) is 3.20. The maximum atomic E-state index is 12.2. The number of aryl methyl sites for hydroxylation is 1. The van der Waals surface area contributed by atoms with Crippen molar-refractivity contribution >= 4 is 29.0 Å². The highest BCUT2D eigenvalue weighted by Gasteiger charge is 2.24. The van der Waals surface area contributed by atoms with Crippen LogP contribution in [0.15, 0.2) is 42.5 Å². The Labute approximate surface area is 147 Å². The number of hydrogen-bond acceptors (Lipinski definition) is 2. The number of carbonyl (C=O) groups is 1. The van der Waals surface area contributed by atoms with Gasteiger partial charge in [-0.25, -0.2) is 4.79 Å². The summed E-state index contributed by atoms with van der Waals surface area (Å²) in [7, 11) is 0. The van der Waals surface area contributed by atoms with Crippen molar-refractivity contribution in [2.24, 2.45) is 0 Å². The third-order valence-corrected chi connectivity index (χ3v) is 4.82. The molecule has 0 bridgehead atoms. The molecule has 4 nitrogen and oxygen atoms in total. The van der Waals surface area contributed by atoms with E-state index in [9.17, 15) is 4.79 Å². The highest BCUT2D eigenvalue weighted by atomic mass is 35.5. The molecule has 2 N–H and O–H groups in total. The number of carbonyl (C=O) groups excluding carboxylic acids is 1. The van der Waals surface area contributed by atoms with E-state index in [0.717, 1.165) is 30.8 Å². The smallest absolute Gasteiger partial charge is 0.319 e. The van der Waals surface area contributed by atoms with Gasteiger partial charge in [-0.1, -0.05) is 29.8 Å². The average Bonchev–Trinajstić information content (AvgIpc) is 3.00. The van der Waals surface area contributed by atoms with Crippen LogP contribution in [-0.4, -0.2) is 25.2 Å². The molecule has 0 spiro atoms. The van der Waals surface area contributed by atoms with Crippen LogP contribution in [0.4, 0.5) is 16.2 Å². The molecular weight excluding hydrogens is 322 g/mol. The summed E-state index contributed by atoms with van der Waals surface area (Å²) in [5.74, 6) is 0. The molecule has 2 aromatic rings. The summed E-state index contributed by atoms with van der Waals surface area (Å²) in [6, 6.07) is 13.9. The summed E-state index contributed by atoms with van der Waals surface area (Å²) >= 11 is 6.09. The largest absolute Gasteiger partial charge is 0.369 e. The van der Waals surface area contributed by atoms with E-state index in [4.69, 9.17) is 11.6 Å². The lowest BCUT2D eigenvalue weighted by molar-refractivity contribution is 0.249. The zero-order chi connectivity index (χ0) is 17.1. The quantitative estimate of drug-likeness (QED) is 0.869. The summed E-state index contributed by atoms with van der Waals surface area (Å²) in [6.07, 6.45) is 0.940. The van der Waals surface area contributed by atoms with Crippen LogP contribution in [-0.2, 0) is 0 Å². The van der Waals surface area contributed by atoms with E-state index in [2.05, 4.69) is 46.7 Å². The summed E-state index contributed by atoms with van der Waals surface area (Å²) in [5.41, 5.74) is 4.08.